The van der Waals surface area contributed by atoms with Gasteiger partial charge in [0.05, 0.1) is 6.17 Å². The van der Waals surface area contributed by atoms with Crippen LogP contribution in [0.25, 0.3) is 6.08 Å². The monoisotopic (exact) mass is 178 g/mol. The van der Waals surface area contributed by atoms with Crippen molar-refractivity contribution in [1.29, 1.82) is 0 Å². The number of nitrogens with two attached hydrogens (primary N) is 2. The van der Waals surface area contributed by atoms with Crippen LogP contribution < -0.4 is 11.5 Å². The molecular formula is C10H14N2O. The number of hydrogen-bond donors (Lipinski definition) is 3. The van der Waals surface area contributed by atoms with Crippen molar-refractivity contribution in [1.82, 2.24) is 0 Å². The van der Waals surface area contributed by atoms with Crippen molar-refractivity contribution in [3.8, 4) is 5.75 Å². The number of hydrogen-bond acceptors (Lipinski definition) is 3. The summed E-state index contributed by atoms with van der Waals surface area (Å²) in [5.41, 5.74) is 12.5. The normalized spacial score (nSPS) is 12.2. The molecule has 0 fully saturated rings. The van der Waals surface area contributed by atoms with E-state index in [1.54, 1.807) is 24.3 Å². The summed E-state index contributed by atoms with van der Waals surface area (Å²) in [4.78, 5) is 0. The van der Waals surface area contributed by atoms with E-state index in [0.717, 1.165) is 11.1 Å². The van der Waals surface area contributed by atoms with Crippen LogP contribution in [0.4, 0.5) is 0 Å². The van der Waals surface area contributed by atoms with Gasteiger partial charge in [-0.2, -0.15) is 0 Å². The molecule has 0 saturated heterocycles. The number of para-hydroxylation sites is 1. The van der Waals surface area contributed by atoms with Crippen molar-refractivity contribution in [2.45, 2.75) is 13.1 Å². The van der Waals surface area contributed by atoms with E-state index in [1.807, 2.05) is 13.0 Å². The van der Waals surface area contributed by atoms with E-state index < -0.39 is 6.17 Å². The highest BCUT2D eigenvalue weighted by Crippen LogP contribution is 2.18. The SMILES string of the molecule is CC(=Cc1ccccc1O)C(N)N. The van der Waals surface area contributed by atoms with Crippen molar-refractivity contribution in [3.63, 3.8) is 0 Å². The number of rotatable bonds is 2. The Kier molecular flexibility index (Phi) is 3.06. The van der Waals surface area contributed by atoms with E-state index in [9.17, 15) is 5.11 Å². The molecule has 13 heavy (non-hydrogen) atoms. The summed E-state index contributed by atoms with van der Waals surface area (Å²) in [5.74, 6) is 0.238. The molecule has 3 heteroatoms. The van der Waals surface area contributed by atoms with Gasteiger partial charge in [-0.1, -0.05) is 18.2 Å². The predicted molar refractivity (Wildman–Crippen MR) is 53.9 cm³/mol. The lowest BCUT2D eigenvalue weighted by atomic mass is 10.1. The Morgan fingerprint density at radius 3 is 2.54 bits per heavy atom. The minimum absolute atomic E-state index is 0.238. The van der Waals surface area contributed by atoms with E-state index in [-0.39, 0.29) is 5.75 Å². The van der Waals surface area contributed by atoms with E-state index in [1.165, 1.54) is 0 Å². The third-order valence-corrected chi connectivity index (χ3v) is 1.85. The van der Waals surface area contributed by atoms with E-state index in [2.05, 4.69) is 0 Å². The highest BCUT2D eigenvalue weighted by Gasteiger charge is 1.99. The molecule has 0 bridgehead atoms. The van der Waals surface area contributed by atoms with Gasteiger partial charge in [-0.05, 0) is 24.6 Å². The molecule has 5 N–H and O–H groups in total. The third kappa shape index (κ3) is 2.57. The first-order valence-electron chi connectivity index (χ1n) is 4.08. The molecule has 0 unspecified atom stereocenters. The van der Waals surface area contributed by atoms with Crippen LogP contribution in [0.2, 0.25) is 0 Å². The lowest BCUT2D eigenvalue weighted by Crippen LogP contribution is -2.31. The Labute approximate surface area is 77.7 Å². The highest BCUT2D eigenvalue weighted by molar-refractivity contribution is 5.59. The highest BCUT2D eigenvalue weighted by atomic mass is 16.3. The van der Waals surface area contributed by atoms with Gasteiger partial charge in [0.2, 0.25) is 0 Å². The molecule has 1 rings (SSSR count). The molecule has 0 aliphatic rings. The first-order valence-corrected chi connectivity index (χ1v) is 4.08. The van der Waals surface area contributed by atoms with Gasteiger partial charge in [0.25, 0.3) is 0 Å². The zero-order valence-electron chi connectivity index (χ0n) is 7.57. The molecule has 1 aromatic rings. The van der Waals surface area contributed by atoms with Crippen molar-refractivity contribution < 1.29 is 5.11 Å². The van der Waals surface area contributed by atoms with Gasteiger partial charge < -0.3 is 16.6 Å². The second kappa shape index (κ2) is 4.07. The van der Waals surface area contributed by atoms with Crippen molar-refractivity contribution >= 4 is 6.08 Å². The van der Waals surface area contributed by atoms with Gasteiger partial charge in [0.1, 0.15) is 5.75 Å². The van der Waals surface area contributed by atoms with Gasteiger partial charge in [-0.15, -0.1) is 0 Å². The van der Waals surface area contributed by atoms with Gasteiger partial charge in [-0.3, -0.25) is 0 Å². The van der Waals surface area contributed by atoms with Gasteiger partial charge >= 0.3 is 0 Å². The first-order chi connectivity index (χ1) is 6.11. The molecule has 0 atom stereocenters. The minimum atomic E-state index is -0.473. The zero-order chi connectivity index (χ0) is 9.84. The molecule has 1 aromatic carbocycles. The second-order valence-corrected chi connectivity index (χ2v) is 2.97. The molecule has 3 nitrogen and oxygen atoms in total. The molecule has 0 amide bonds. The third-order valence-electron chi connectivity index (χ3n) is 1.85. The zero-order valence-corrected chi connectivity index (χ0v) is 7.57. The maximum Gasteiger partial charge on any atom is 0.122 e. The summed E-state index contributed by atoms with van der Waals surface area (Å²) >= 11 is 0. The van der Waals surface area contributed by atoms with Crippen LogP contribution in [0.1, 0.15) is 12.5 Å². The standard InChI is InChI=1S/C10H14N2O/c1-7(10(11)12)6-8-4-2-3-5-9(8)13/h2-6,10,13H,11-12H2,1H3. The average molecular weight is 178 g/mol. The molecule has 70 valence electrons. The summed E-state index contributed by atoms with van der Waals surface area (Å²) in [6.45, 7) is 1.83. The summed E-state index contributed by atoms with van der Waals surface area (Å²) in [5, 5.41) is 9.41. The topological polar surface area (TPSA) is 72.3 Å². The minimum Gasteiger partial charge on any atom is -0.507 e. The van der Waals surface area contributed by atoms with Crippen molar-refractivity contribution in [3.05, 3.63) is 35.4 Å². The van der Waals surface area contributed by atoms with Gasteiger partial charge in [0, 0.05) is 5.56 Å². The lowest BCUT2D eigenvalue weighted by Gasteiger charge is -2.05. The van der Waals surface area contributed by atoms with E-state index in [0.29, 0.717) is 0 Å². The van der Waals surface area contributed by atoms with Crippen LogP contribution in [-0.4, -0.2) is 11.3 Å². The van der Waals surface area contributed by atoms with Crippen molar-refractivity contribution in [2.24, 2.45) is 11.5 Å². The maximum atomic E-state index is 9.41. The summed E-state index contributed by atoms with van der Waals surface area (Å²) in [6.07, 6.45) is 1.31. The van der Waals surface area contributed by atoms with Crippen LogP contribution in [0.3, 0.4) is 0 Å². The molecule has 0 radical (unpaired) electrons. The van der Waals surface area contributed by atoms with E-state index in [4.69, 9.17) is 11.5 Å². The summed E-state index contributed by atoms with van der Waals surface area (Å²) in [6, 6.07) is 7.05. The number of phenolic OH excluding ortho intramolecular Hbond substituents is 1. The lowest BCUT2D eigenvalue weighted by molar-refractivity contribution is 0.474. The molecule has 0 heterocycles. The Balaban J connectivity index is 2.97. The molecule has 0 aliphatic heterocycles. The van der Waals surface area contributed by atoms with Crippen LogP contribution >= 0.6 is 0 Å². The number of phenols is 1. The Hall–Kier alpha value is -1.32. The first kappa shape index (κ1) is 9.77. The fraction of sp³-hybridized carbons (Fsp3) is 0.200. The van der Waals surface area contributed by atoms with Gasteiger partial charge in [0.15, 0.2) is 0 Å². The Morgan fingerprint density at radius 2 is 2.00 bits per heavy atom. The summed E-state index contributed by atoms with van der Waals surface area (Å²) < 4.78 is 0. The van der Waals surface area contributed by atoms with Gasteiger partial charge in [-0.25, -0.2) is 0 Å². The van der Waals surface area contributed by atoms with Crippen LogP contribution in [-0.2, 0) is 0 Å². The van der Waals surface area contributed by atoms with Crippen molar-refractivity contribution in [2.75, 3.05) is 0 Å². The van der Waals surface area contributed by atoms with Crippen LogP contribution in [0.15, 0.2) is 29.8 Å². The van der Waals surface area contributed by atoms with Crippen LogP contribution in [0, 0.1) is 0 Å². The summed E-state index contributed by atoms with van der Waals surface area (Å²) in [7, 11) is 0. The predicted octanol–water partition coefficient (Wildman–Crippen LogP) is 1.04. The fourth-order valence-electron chi connectivity index (χ4n) is 0.951. The van der Waals surface area contributed by atoms with E-state index >= 15 is 0 Å². The molecular weight excluding hydrogens is 164 g/mol. The second-order valence-electron chi connectivity index (χ2n) is 2.97. The average Bonchev–Trinajstić information content (AvgIpc) is 2.08. The number of aromatic hydroxyl groups is 1. The smallest absolute Gasteiger partial charge is 0.122 e. The molecule has 0 spiro atoms. The maximum absolute atomic E-state index is 9.41. The van der Waals surface area contributed by atoms with Crippen LogP contribution in [0.5, 0.6) is 5.75 Å². The molecule has 0 aromatic heterocycles. The molecule has 0 aliphatic carbocycles. The number of benzene rings is 1. The molecule has 0 saturated carbocycles. The largest absolute Gasteiger partial charge is 0.507 e. The Morgan fingerprint density at radius 1 is 1.38 bits per heavy atom. The quantitative estimate of drug-likeness (QED) is 0.592. The fourth-order valence-corrected chi connectivity index (χ4v) is 0.951. The Bertz CT molecular complexity index is 318.